The molecule has 0 fully saturated rings. The number of aromatic nitrogens is 1. The topological polar surface area (TPSA) is 115 Å². The van der Waals surface area contributed by atoms with Crippen LogP contribution in [0.5, 0.6) is 0 Å². The monoisotopic (exact) mass is 253 g/mol. The number of primary amides is 1. The van der Waals surface area contributed by atoms with Gasteiger partial charge in [-0.15, -0.1) is 0 Å². The van der Waals surface area contributed by atoms with E-state index < -0.39 is 11.9 Å². The van der Waals surface area contributed by atoms with Crippen LogP contribution in [0.25, 0.3) is 0 Å². The average Bonchev–Trinajstić information content (AvgIpc) is 2.27. The number of rotatable bonds is 7. The molecule has 0 radical (unpaired) electrons. The van der Waals surface area contributed by atoms with E-state index in [1.54, 1.807) is 13.0 Å². The molecule has 1 aromatic rings. The van der Waals surface area contributed by atoms with Gasteiger partial charge in [-0.2, -0.15) is 0 Å². The van der Waals surface area contributed by atoms with Crippen LogP contribution in [0.3, 0.4) is 0 Å². The molecular formula is C11H15N3O4. The highest BCUT2D eigenvalue weighted by atomic mass is 16.5. The van der Waals surface area contributed by atoms with Crippen LogP contribution in [0.4, 0.5) is 5.69 Å². The van der Waals surface area contributed by atoms with Gasteiger partial charge in [0.15, 0.2) is 0 Å². The molecule has 7 heteroatoms. The van der Waals surface area contributed by atoms with E-state index in [0.29, 0.717) is 17.9 Å². The second-order valence-electron chi connectivity index (χ2n) is 3.62. The Bertz CT molecular complexity index is 448. The molecule has 1 amide bonds. The Morgan fingerprint density at radius 1 is 1.56 bits per heavy atom. The van der Waals surface area contributed by atoms with Crippen LogP contribution in [-0.4, -0.2) is 41.7 Å². The summed E-state index contributed by atoms with van der Waals surface area (Å²) in [4.78, 5) is 25.3. The molecule has 1 aromatic heterocycles. The number of carbonyl (C=O) groups excluding carboxylic acids is 1. The summed E-state index contributed by atoms with van der Waals surface area (Å²) < 4.78 is 4.95. The summed E-state index contributed by atoms with van der Waals surface area (Å²) >= 11 is 0. The lowest BCUT2D eigenvalue weighted by Gasteiger charge is -2.09. The van der Waals surface area contributed by atoms with E-state index in [-0.39, 0.29) is 18.8 Å². The van der Waals surface area contributed by atoms with Crippen molar-refractivity contribution in [2.75, 3.05) is 25.1 Å². The maximum Gasteiger partial charge on any atom is 0.339 e. The molecule has 0 saturated heterocycles. The number of carboxylic acids is 1. The predicted molar refractivity (Wildman–Crippen MR) is 64.4 cm³/mol. The van der Waals surface area contributed by atoms with E-state index in [1.807, 2.05) is 0 Å². The fraction of sp³-hybridized carbons (Fsp3) is 0.364. The number of carboxylic acid groups (broad SMARTS) is 1. The number of pyridine rings is 1. The zero-order valence-electron chi connectivity index (χ0n) is 9.97. The first-order valence-electron chi connectivity index (χ1n) is 5.30. The Hall–Kier alpha value is -2.15. The van der Waals surface area contributed by atoms with Gasteiger partial charge in [0.2, 0.25) is 5.91 Å². The molecule has 0 aromatic carbocycles. The van der Waals surface area contributed by atoms with Crippen LogP contribution in [0.1, 0.15) is 16.1 Å². The smallest absolute Gasteiger partial charge is 0.339 e. The van der Waals surface area contributed by atoms with Gasteiger partial charge < -0.3 is 20.9 Å². The van der Waals surface area contributed by atoms with Gasteiger partial charge in [0, 0.05) is 18.4 Å². The minimum absolute atomic E-state index is 0.0931. The highest BCUT2D eigenvalue weighted by Crippen LogP contribution is 2.15. The molecule has 4 N–H and O–H groups in total. The van der Waals surface area contributed by atoms with E-state index in [1.165, 1.54) is 6.20 Å². The number of nitrogens with one attached hydrogen (secondary N) is 1. The molecule has 0 aliphatic rings. The zero-order valence-corrected chi connectivity index (χ0v) is 9.97. The van der Waals surface area contributed by atoms with Crippen molar-refractivity contribution in [3.05, 3.63) is 23.5 Å². The van der Waals surface area contributed by atoms with Gasteiger partial charge in [-0.25, -0.2) is 4.79 Å². The highest BCUT2D eigenvalue weighted by Gasteiger charge is 2.10. The quantitative estimate of drug-likeness (QED) is 0.589. The molecule has 0 atom stereocenters. The lowest BCUT2D eigenvalue weighted by Crippen LogP contribution is -2.21. The Balaban J connectivity index is 2.53. The molecule has 7 nitrogen and oxygen atoms in total. The van der Waals surface area contributed by atoms with Crippen LogP contribution in [-0.2, 0) is 9.53 Å². The molecule has 0 aliphatic carbocycles. The number of amides is 1. The van der Waals surface area contributed by atoms with E-state index in [9.17, 15) is 9.59 Å². The molecule has 18 heavy (non-hydrogen) atoms. The number of aromatic carboxylic acids is 1. The second kappa shape index (κ2) is 6.55. The van der Waals surface area contributed by atoms with Crippen molar-refractivity contribution in [1.29, 1.82) is 0 Å². The van der Waals surface area contributed by atoms with Gasteiger partial charge in [-0.05, 0) is 13.0 Å². The first-order valence-corrected chi connectivity index (χ1v) is 5.30. The SMILES string of the molecule is Cc1cc(NCCOCC(N)=O)c(C(=O)O)cn1. The lowest BCUT2D eigenvalue weighted by atomic mass is 10.2. The Morgan fingerprint density at radius 2 is 2.28 bits per heavy atom. The maximum absolute atomic E-state index is 10.9. The largest absolute Gasteiger partial charge is 0.478 e. The summed E-state index contributed by atoms with van der Waals surface area (Å²) in [5, 5.41) is 11.9. The standard InChI is InChI=1S/C11H15N3O4/c1-7-4-9(8(5-14-7)11(16)17)13-2-3-18-6-10(12)15/h4-5H,2-3,6H2,1H3,(H2,12,15)(H,13,14)(H,16,17). The zero-order chi connectivity index (χ0) is 13.5. The van der Waals surface area contributed by atoms with E-state index in [0.717, 1.165) is 0 Å². The number of nitrogens with zero attached hydrogens (tertiary/aromatic N) is 1. The average molecular weight is 253 g/mol. The number of anilines is 1. The first kappa shape index (κ1) is 13.9. The maximum atomic E-state index is 10.9. The third-order valence-corrected chi connectivity index (χ3v) is 2.08. The summed E-state index contributed by atoms with van der Waals surface area (Å²) in [6.07, 6.45) is 1.30. The number of aryl methyl sites for hydroxylation is 1. The molecule has 98 valence electrons. The first-order chi connectivity index (χ1) is 8.50. The van der Waals surface area contributed by atoms with Gasteiger partial charge >= 0.3 is 5.97 Å². The van der Waals surface area contributed by atoms with Crippen molar-refractivity contribution in [1.82, 2.24) is 4.98 Å². The summed E-state index contributed by atoms with van der Waals surface area (Å²) in [6.45, 7) is 2.24. The molecule has 0 aliphatic heterocycles. The van der Waals surface area contributed by atoms with Crippen LogP contribution >= 0.6 is 0 Å². The van der Waals surface area contributed by atoms with Crippen molar-refractivity contribution in [3.8, 4) is 0 Å². The molecule has 1 rings (SSSR count). The molecule has 0 spiro atoms. The molecule has 0 bridgehead atoms. The normalized spacial score (nSPS) is 10.1. The number of hydrogen-bond donors (Lipinski definition) is 3. The Kier molecular flexibility index (Phi) is 5.06. The highest BCUT2D eigenvalue weighted by molar-refractivity contribution is 5.93. The summed E-state index contributed by atoms with van der Waals surface area (Å²) in [5.41, 5.74) is 6.17. The van der Waals surface area contributed by atoms with Crippen LogP contribution in [0.2, 0.25) is 0 Å². The fourth-order valence-corrected chi connectivity index (χ4v) is 1.31. The van der Waals surface area contributed by atoms with Crippen molar-refractivity contribution in [3.63, 3.8) is 0 Å². The van der Waals surface area contributed by atoms with Crippen molar-refractivity contribution >= 4 is 17.6 Å². The molecule has 0 saturated carbocycles. The third kappa shape index (κ3) is 4.38. The third-order valence-electron chi connectivity index (χ3n) is 2.08. The number of hydrogen-bond acceptors (Lipinski definition) is 5. The van der Waals surface area contributed by atoms with Gasteiger partial charge in [0.05, 0.1) is 12.3 Å². The number of nitrogens with two attached hydrogens (primary N) is 1. The summed E-state index contributed by atoms with van der Waals surface area (Å²) in [6, 6.07) is 1.64. The van der Waals surface area contributed by atoms with Crippen LogP contribution in [0, 0.1) is 6.92 Å². The van der Waals surface area contributed by atoms with Crippen LogP contribution in [0.15, 0.2) is 12.3 Å². The minimum atomic E-state index is -1.05. The summed E-state index contributed by atoms with van der Waals surface area (Å²) in [5.74, 6) is -1.59. The Labute approximate surface area is 104 Å². The van der Waals surface area contributed by atoms with Crippen molar-refractivity contribution in [2.45, 2.75) is 6.92 Å². The number of ether oxygens (including phenoxy) is 1. The lowest BCUT2D eigenvalue weighted by molar-refractivity contribution is -0.122. The van der Waals surface area contributed by atoms with Crippen LogP contribution < -0.4 is 11.1 Å². The van der Waals surface area contributed by atoms with E-state index in [4.69, 9.17) is 15.6 Å². The Morgan fingerprint density at radius 3 is 2.89 bits per heavy atom. The van der Waals surface area contributed by atoms with Gasteiger partial charge in [0.25, 0.3) is 0 Å². The fourth-order valence-electron chi connectivity index (χ4n) is 1.31. The van der Waals surface area contributed by atoms with Crippen molar-refractivity contribution in [2.24, 2.45) is 5.73 Å². The van der Waals surface area contributed by atoms with E-state index >= 15 is 0 Å². The predicted octanol–water partition coefficient (Wildman–Crippen LogP) is 0.00202. The number of carbonyl (C=O) groups is 2. The second-order valence-corrected chi connectivity index (χ2v) is 3.62. The van der Waals surface area contributed by atoms with Crippen molar-refractivity contribution < 1.29 is 19.4 Å². The molecule has 0 unspecified atom stereocenters. The van der Waals surface area contributed by atoms with Gasteiger partial charge in [0.1, 0.15) is 12.2 Å². The van der Waals surface area contributed by atoms with Gasteiger partial charge in [-0.1, -0.05) is 0 Å². The molecular weight excluding hydrogens is 238 g/mol. The van der Waals surface area contributed by atoms with Gasteiger partial charge in [-0.3, -0.25) is 9.78 Å². The van der Waals surface area contributed by atoms with E-state index in [2.05, 4.69) is 10.3 Å². The summed E-state index contributed by atoms with van der Waals surface area (Å²) in [7, 11) is 0. The molecule has 1 heterocycles. The minimum Gasteiger partial charge on any atom is -0.478 e.